The van der Waals surface area contributed by atoms with Crippen molar-refractivity contribution in [3.8, 4) is 0 Å². The van der Waals surface area contributed by atoms with Gasteiger partial charge in [0.05, 0.1) is 12.8 Å². The second-order valence-electron chi connectivity index (χ2n) is 1.80. The van der Waals surface area contributed by atoms with E-state index in [1.54, 1.807) is 0 Å². The van der Waals surface area contributed by atoms with Crippen molar-refractivity contribution < 1.29 is 14.3 Å². The maximum atomic E-state index is 10.5. The molecule has 0 radical (unpaired) electrons. The molecule has 0 aliphatic carbocycles. The van der Waals surface area contributed by atoms with E-state index in [-0.39, 0.29) is 6.61 Å². The van der Waals surface area contributed by atoms with Crippen molar-refractivity contribution in [2.24, 2.45) is 0 Å². The highest BCUT2D eigenvalue weighted by molar-refractivity contribution is 6.35. The van der Waals surface area contributed by atoms with Gasteiger partial charge in [-0.1, -0.05) is 0 Å². The fraction of sp³-hybridized carbons (Fsp3) is 0.400. The third kappa shape index (κ3) is 0.768. The number of rotatable bonds is 3. The number of ketones is 1. The van der Waals surface area contributed by atoms with Crippen LogP contribution in [0.2, 0.25) is 0 Å². The van der Waals surface area contributed by atoms with Gasteiger partial charge in [0.1, 0.15) is 0 Å². The van der Waals surface area contributed by atoms with E-state index in [1.165, 1.54) is 0 Å². The van der Waals surface area contributed by atoms with Crippen molar-refractivity contribution in [2.45, 2.75) is 5.60 Å². The average Bonchev–Trinajstić information content (AvgIpc) is 2.66. The summed E-state index contributed by atoms with van der Waals surface area (Å²) < 4.78 is 4.53. The number of hydrogen-bond donors (Lipinski definition) is 1. The lowest BCUT2D eigenvalue weighted by Gasteiger charge is -1.91. The Balaban J connectivity index is 2.70. The third-order valence-electron chi connectivity index (χ3n) is 1.19. The molecule has 0 saturated carbocycles. The summed E-state index contributed by atoms with van der Waals surface area (Å²) >= 11 is 0. The minimum absolute atomic E-state index is 0.130. The predicted octanol–water partition coefficient (Wildman–Crippen LogP) is -0.827. The summed E-state index contributed by atoms with van der Waals surface area (Å²) in [6, 6.07) is 0. The molecule has 0 aromatic carbocycles. The van der Waals surface area contributed by atoms with E-state index in [9.17, 15) is 9.59 Å². The van der Waals surface area contributed by atoms with Gasteiger partial charge in [0.2, 0.25) is 11.4 Å². The zero-order valence-corrected chi connectivity index (χ0v) is 4.59. The van der Waals surface area contributed by atoms with Gasteiger partial charge < -0.3 is 10.1 Å². The van der Waals surface area contributed by atoms with Crippen LogP contribution in [0.5, 0.6) is 0 Å². The molecule has 1 N–H and O–H groups in total. The number of carbonyl (C=O) groups is 2. The average molecular weight is 127 g/mol. The highest BCUT2D eigenvalue weighted by Gasteiger charge is 2.51. The van der Waals surface area contributed by atoms with Gasteiger partial charge in [-0.15, -0.1) is 0 Å². The van der Waals surface area contributed by atoms with E-state index < -0.39 is 11.4 Å². The smallest absolute Gasteiger partial charge is 0.214 e. The van der Waals surface area contributed by atoms with Gasteiger partial charge in [-0.2, -0.15) is 0 Å². The lowest BCUT2D eigenvalue weighted by Crippen LogP contribution is -2.26. The minimum atomic E-state index is -1.26. The maximum absolute atomic E-state index is 10.5. The third-order valence-corrected chi connectivity index (χ3v) is 1.19. The summed E-state index contributed by atoms with van der Waals surface area (Å²) in [6.45, 7) is 0.130. The van der Waals surface area contributed by atoms with Crippen molar-refractivity contribution in [1.82, 2.24) is 0 Å². The van der Waals surface area contributed by atoms with Gasteiger partial charge >= 0.3 is 0 Å². The van der Waals surface area contributed by atoms with Crippen molar-refractivity contribution in [2.75, 3.05) is 6.61 Å². The lowest BCUT2D eigenvalue weighted by molar-refractivity contribution is -0.123. The van der Waals surface area contributed by atoms with Crippen LogP contribution in [-0.2, 0) is 14.3 Å². The highest BCUT2D eigenvalue weighted by Crippen LogP contribution is 2.23. The first-order valence-electron chi connectivity index (χ1n) is 2.40. The van der Waals surface area contributed by atoms with Crippen LogP contribution in [0.3, 0.4) is 0 Å². The monoisotopic (exact) mass is 127 g/mol. The van der Waals surface area contributed by atoms with E-state index in [0.29, 0.717) is 12.5 Å². The maximum Gasteiger partial charge on any atom is 0.214 e. The molecule has 1 aliphatic heterocycles. The van der Waals surface area contributed by atoms with Crippen LogP contribution in [0.15, 0.2) is 0 Å². The van der Waals surface area contributed by atoms with Crippen LogP contribution in [-0.4, -0.2) is 30.5 Å². The molecule has 0 spiro atoms. The van der Waals surface area contributed by atoms with Gasteiger partial charge in [-0.05, 0) is 0 Å². The standard InChI is InChI=1S/C5H5NO3/c6-1-4(8)5(2-7)3-9-5/h1-2,6H,3H2. The van der Waals surface area contributed by atoms with Crippen molar-refractivity contribution in [3.05, 3.63) is 0 Å². The number of ether oxygens (including phenoxy) is 1. The summed E-state index contributed by atoms with van der Waals surface area (Å²) in [7, 11) is 0. The molecule has 0 aromatic heterocycles. The fourth-order valence-electron chi connectivity index (χ4n) is 0.468. The van der Waals surface area contributed by atoms with Gasteiger partial charge in [0.25, 0.3) is 0 Å². The molecule has 48 valence electrons. The number of aldehydes is 1. The molecule has 0 bridgehead atoms. The fourth-order valence-corrected chi connectivity index (χ4v) is 0.468. The summed E-state index contributed by atoms with van der Waals surface area (Å²) in [5.74, 6) is -0.572. The molecule has 1 unspecified atom stereocenters. The molecular weight excluding hydrogens is 122 g/mol. The number of hydrogen-bond acceptors (Lipinski definition) is 4. The molecule has 1 saturated heterocycles. The van der Waals surface area contributed by atoms with E-state index in [1.807, 2.05) is 0 Å². The van der Waals surface area contributed by atoms with Crippen LogP contribution in [0.25, 0.3) is 0 Å². The van der Waals surface area contributed by atoms with Crippen LogP contribution in [0.4, 0.5) is 0 Å². The normalized spacial score (nSPS) is 31.1. The van der Waals surface area contributed by atoms with Gasteiger partial charge in [0.15, 0.2) is 6.29 Å². The molecule has 4 nitrogen and oxygen atoms in total. The molecule has 1 aliphatic rings. The summed E-state index contributed by atoms with van der Waals surface area (Å²) in [5, 5.41) is 6.49. The zero-order valence-electron chi connectivity index (χ0n) is 4.59. The summed E-state index contributed by atoms with van der Waals surface area (Å²) in [5.41, 5.74) is -1.26. The quantitative estimate of drug-likeness (QED) is 0.233. The number of epoxide rings is 1. The number of Topliss-reactive ketones (excluding diaryl/α,β-unsaturated/α-hetero) is 1. The molecule has 4 heteroatoms. The molecule has 0 amide bonds. The Kier molecular flexibility index (Phi) is 1.17. The Morgan fingerprint density at radius 2 is 2.33 bits per heavy atom. The van der Waals surface area contributed by atoms with Crippen LogP contribution < -0.4 is 0 Å². The predicted molar refractivity (Wildman–Crippen MR) is 28.5 cm³/mol. The Labute approximate surface area is 51.3 Å². The van der Waals surface area contributed by atoms with Gasteiger partial charge in [0, 0.05) is 0 Å². The molecular formula is C5H5NO3. The summed E-state index contributed by atoms with van der Waals surface area (Å²) in [6.07, 6.45) is 1.03. The molecule has 1 fully saturated rings. The van der Waals surface area contributed by atoms with Gasteiger partial charge in [-0.3, -0.25) is 9.59 Å². The highest BCUT2D eigenvalue weighted by atomic mass is 16.6. The minimum Gasteiger partial charge on any atom is -0.353 e. The van der Waals surface area contributed by atoms with Crippen molar-refractivity contribution in [1.29, 1.82) is 5.41 Å². The Hall–Kier alpha value is -1.03. The van der Waals surface area contributed by atoms with E-state index in [4.69, 9.17) is 5.41 Å². The zero-order chi connectivity index (χ0) is 6.91. The number of carbonyl (C=O) groups excluding carboxylic acids is 2. The second-order valence-corrected chi connectivity index (χ2v) is 1.80. The molecule has 1 rings (SSSR count). The van der Waals surface area contributed by atoms with Crippen molar-refractivity contribution in [3.63, 3.8) is 0 Å². The number of nitrogens with one attached hydrogen (secondary N) is 1. The largest absolute Gasteiger partial charge is 0.353 e. The molecule has 1 atom stereocenters. The van der Waals surface area contributed by atoms with E-state index in [2.05, 4.69) is 4.74 Å². The lowest BCUT2D eigenvalue weighted by atomic mass is 10.1. The SMILES string of the molecule is N=CC(=O)C1(C=O)CO1. The van der Waals surface area contributed by atoms with E-state index in [0.717, 1.165) is 0 Å². The molecule has 1 heterocycles. The van der Waals surface area contributed by atoms with E-state index >= 15 is 0 Å². The van der Waals surface area contributed by atoms with Gasteiger partial charge in [-0.25, -0.2) is 0 Å². The second kappa shape index (κ2) is 1.73. The first kappa shape index (κ1) is 6.10. The first-order valence-corrected chi connectivity index (χ1v) is 2.40. The summed E-state index contributed by atoms with van der Waals surface area (Å²) in [4.78, 5) is 20.6. The Morgan fingerprint density at radius 1 is 1.78 bits per heavy atom. The topological polar surface area (TPSA) is 70.5 Å². The van der Waals surface area contributed by atoms with Crippen LogP contribution >= 0.6 is 0 Å². The Morgan fingerprint density at radius 3 is 2.44 bits per heavy atom. The van der Waals surface area contributed by atoms with Crippen LogP contribution in [0, 0.1) is 5.41 Å². The van der Waals surface area contributed by atoms with Crippen molar-refractivity contribution >= 4 is 18.3 Å². The molecule has 0 aromatic rings. The molecule has 9 heavy (non-hydrogen) atoms. The van der Waals surface area contributed by atoms with Crippen LogP contribution in [0.1, 0.15) is 0 Å². The first-order chi connectivity index (χ1) is 4.25. The Bertz CT molecular complexity index is 171.